The lowest BCUT2D eigenvalue weighted by atomic mass is 10.1. The second-order valence-corrected chi connectivity index (χ2v) is 7.33. The molecule has 0 unspecified atom stereocenters. The average molecular weight is 418 g/mol. The molecule has 0 aliphatic carbocycles. The standard InChI is InChI=1S/C14H18F3N3O4S.ClH/c15-14(16,17)24-11-1-3-12(4-2-11)25(22,23)19-9-13(21)20-7-5-10(18)6-8-20;/h1-4,10,19H,5-9,18H2;1H. The fourth-order valence-corrected chi connectivity index (χ4v) is 3.30. The maximum Gasteiger partial charge on any atom is 0.573 e. The summed E-state index contributed by atoms with van der Waals surface area (Å²) in [5.41, 5.74) is 5.74. The second-order valence-electron chi connectivity index (χ2n) is 5.56. The van der Waals surface area contributed by atoms with Gasteiger partial charge in [0.05, 0.1) is 11.4 Å². The van der Waals surface area contributed by atoms with Gasteiger partial charge in [-0.25, -0.2) is 13.1 Å². The van der Waals surface area contributed by atoms with Crippen molar-refractivity contribution in [1.82, 2.24) is 9.62 Å². The molecule has 1 aliphatic rings. The molecule has 7 nitrogen and oxygen atoms in total. The molecular weight excluding hydrogens is 399 g/mol. The number of amides is 1. The molecule has 2 rings (SSSR count). The van der Waals surface area contributed by atoms with Gasteiger partial charge in [-0.3, -0.25) is 4.79 Å². The molecule has 1 aromatic rings. The molecule has 1 aromatic carbocycles. The quantitative estimate of drug-likeness (QED) is 0.750. The number of alkyl halides is 3. The first kappa shape index (κ1) is 22.5. The van der Waals surface area contributed by atoms with E-state index in [2.05, 4.69) is 9.46 Å². The lowest BCUT2D eigenvalue weighted by Crippen LogP contribution is -2.46. The summed E-state index contributed by atoms with van der Waals surface area (Å²) in [7, 11) is -4.02. The van der Waals surface area contributed by atoms with Gasteiger partial charge in [-0.2, -0.15) is 0 Å². The SMILES string of the molecule is Cl.NC1CCN(C(=O)CNS(=O)(=O)c2ccc(OC(F)(F)F)cc2)CC1. The van der Waals surface area contributed by atoms with Crippen LogP contribution >= 0.6 is 12.4 Å². The Morgan fingerprint density at radius 2 is 1.77 bits per heavy atom. The Balaban J connectivity index is 0.00000338. The predicted molar refractivity (Wildman–Crippen MR) is 89.4 cm³/mol. The molecule has 148 valence electrons. The van der Waals surface area contributed by atoms with Crippen LogP contribution in [-0.2, 0) is 14.8 Å². The lowest BCUT2D eigenvalue weighted by molar-refractivity contribution is -0.274. The van der Waals surface area contributed by atoms with Gasteiger partial charge in [0.15, 0.2) is 0 Å². The molecule has 0 atom stereocenters. The van der Waals surface area contributed by atoms with Gasteiger partial charge in [-0.05, 0) is 37.1 Å². The van der Waals surface area contributed by atoms with E-state index in [1.54, 1.807) is 0 Å². The third-order valence-electron chi connectivity index (χ3n) is 3.67. The molecule has 0 aromatic heterocycles. The van der Waals surface area contributed by atoms with Crippen molar-refractivity contribution in [2.75, 3.05) is 19.6 Å². The van der Waals surface area contributed by atoms with Gasteiger partial charge in [0.1, 0.15) is 5.75 Å². The topological polar surface area (TPSA) is 102 Å². The summed E-state index contributed by atoms with van der Waals surface area (Å²) in [6, 6.07) is 3.74. The molecule has 12 heteroatoms. The van der Waals surface area contributed by atoms with Crippen molar-refractivity contribution < 1.29 is 31.1 Å². The molecule has 26 heavy (non-hydrogen) atoms. The number of sulfonamides is 1. The second kappa shape index (κ2) is 8.89. The molecule has 3 N–H and O–H groups in total. The Labute approximate surface area is 155 Å². The van der Waals surface area contributed by atoms with Crippen LogP contribution in [0.3, 0.4) is 0 Å². The Morgan fingerprint density at radius 1 is 1.23 bits per heavy atom. The third-order valence-corrected chi connectivity index (χ3v) is 5.09. The summed E-state index contributed by atoms with van der Waals surface area (Å²) >= 11 is 0. The number of nitrogens with zero attached hydrogens (tertiary/aromatic N) is 1. The number of benzene rings is 1. The van der Waals surface area contributed by atoms with Crippen molar-refractivity contribution in [2.24, 2.45) is 5.73 Å². The van der Waals surface area contributed by atoms with E-state index in [0.29, 0.717) is 25.9 Å². The average Bonchev–Trinajstić information content (AvgIpc) is 2.52. The van der Waals surface area contributed by atoms with Gasteiger partial charge in [0.2, 0.25) is 15.9 Å². The number of piperidine rings is 1. The Bertz CT molecular complexity index is 705. The van der Waals surface area contributed by atoms with Crippen LogP contribution in [0.15, 0.2) is 29.2 Å². The monoisotopic (exact) mass is 417 g/mol. The Hall–Kier alpha value is -1.56. The zero-order valence-electron chi connectivity index (χ0n) is 13.5. The molecule has 1 amide bonds. The van der Waals surface area contributed by atoms with E-state index in [1.165, 1.54) is 4.90 Å². The molecule has 0 radical (unpaired) electrons. The van der Waals surface area contributed by atoms with Crippen LogP contribution in [0.25, 0.3) is 0 Å². The van der Waals surface area contributed by atoms with E-state index >= 15 is 0 Å². The predicted octanol–water partition coefficient (Wildman–Crippen LogP) is 1.23. The largest absolute Gasteiger partial charge is 0.573 e. The summed E-state index contributed by atoms with van der Waals surface area (Å²) in [6.07, 6.45) is -3.56. The zero-order valence-corrected chi connectivity index (χ0v) is 15.2. The minimum absolute atomic E-state index is 0. The smallest absolute Gasteiger partial charge is 0.406 e. The number of ether oxygens (including phenoxy) is 1. The number of nitrogens with one attached hydrogen (secondary N) is 1. The van der Waals surface area contributed by atoms with Crippen molar-refractivity contribution in [3.63, 3.8) is 0 Å². The number of hydrogen-bond donors (Lipinski definition) is 2. The summed E-state index contributed by atoms with van der Waals surface area (Å²) in [5, 5.41) is 0. The van der Waals surface area contributed by atoms with Gasteiger partial charge in [-0.15, -0.1) is 25.6 Å². The van der Waals surface area contributed by atoms with E-state index in [0.717, 1.165) is 24.3 Å². The molecule has 0 saturated carbocycles. The maximum atomic E-state index is 12.1. The minimum Gasteiger partial charge on any atom is -0.406 e. The minimum atomic E-state index is -4.86. The number of hydrogen-bond acceptors (Lipinski definition) is 5. The number of rotatable bonds is 5. The van der Waals surface area contributed by atoms with Crippen LogP contribution < -0.4 is 15.2 Å². The van der Waals surface area contributed by atoms with Gasteiger partial charge < -0.3 is 15.4 Å². The number of likely N-dealkylation sites (tertiary alicyclic amines) is 1. The lowest BCUT2D eigenvalue weighted by Gasteiger charge is -2.30. The van der Waals surface area contributed by atoms with Gasteiger partial charge in [0, 0.05) is 19.1 Å². The Kier molecular flexibility index (Phi) is 7.69. The molecule has 1 aliphatic heterocycles. The zero-order chi connectivity index (χ0) is 18.7. The highest BCUT2D eigenvalue weighted by Crippen LogP contribution is 2.23. The number of halogens is 4. The van der Waals surface area contributed by atoms with Crippen molar-refractivity contribution in [1.29, 1.82) is 0 Å². The normalized spacial score (nSPS) is 16.1. The van der Waals surface area contributed by atoms with Crippen LogP contribution in [0.4, 0.5) is 13.2 Å². The van der Waals surface area contributed by atoms with Crippen molar-refractivity contribution in [2.45, 2.75) is 30.1 Å². The summed E-state index contributed by atoms with van der Waals surface area (Å²) < 4.78 is 66.3. The van der Waals surface area contributed by atoms with Gasteiger partial charge >= 0.3 is 6.36 Å². The molecule has 1 heterocycles. The summed E-state index contributed by atoms with van der Waals surface area (Å²) in [4.78, 5) is 13.3. The van der Waals surface area contributed by atoms with E-state index in [1.807, 2.05) is 0 Å². The van der Waals surface area contributed by atoms with Crippen molar-refractivity contribution >= 4 is 28.3 Å². The maximum absolute atomic E-state index is 12.1. The fraction of sp³-hybridized carbons (Fsp3) is 0.500. The highest BCUT2D eigenvalue weighted by atomic mass is 35.5. The van der Waals surface area contributed by atoms with Gasteiger partial charge in [-0.1, -0.05) is 0 Å². The first-order chi connectivity index (χ1) is 11.6. The first-order valence-corrected chi connectivity index (χ1v) is 8.94. The molecular formula is C14H19ClF3N3O4S. The molecule has 0 spiro atoms. The number of carbonyl (C=O) groups excluding carboxylic acids is 1. The molecule has 1 fully saturated rings. The highest BCUT2D eigenvalue weighted by Gasteiger charge is 2.31. The van der Waals surface area contributed by atoms with E-state index in [4.69, 9.17) is 5.73 Å². The van der Waals surface area contributed by atoms with Crippen molar-refractivity contribution in [3.8, 4) is 5.75 Å². The van der Waals surface area contributed by atoms with Crippen LogP contribution in [0.2, 0.25) is 0 Å². The number of carbonyl (C=O) groups is 1. The van der Waals surface area contributed by atoms with Crippen LogP contribution in [0.5, 0.6) is 5.75 Å². The van der Waals surface area contributed by atoms with Crippen LogP contribution in [-0.4, -0.2) is 51.3 Å². The summed E-state index contributed by atoms with van der Waals surface area (Å²) in [6.45, 7) is 0.495. The first-order valence-electron chi connectivity index (χ1n) is 7.46. The van der Waals surface area contributed by atoms with Crippen LogP contribution in [0.1, 0.15) is 12.8 Å². The van der Waals surface area contributed by atoms with Crippen molar-refractivity contribution in [3.05, 3.63) is 24.3 Å². The Morgan fingerprint density at radius 3 is 2.27 bits per heavy atom. The van der Waals surface area contributed by atoms with E-state index in [-0.39, 0.29) is 29.3 Å². The third kappa shape index (κ3) is 6.63. The molecule has 1 saturated heterocycles. The van der Waals surface area contributed by atoms with Crippen LogP contribution in [0, 0.1) is 0 Å². The summed E-state index contributed by atoms with van der Waals surface area (Å²) in [5.74, 6) is -0.917. The van der Waals surface area contributed by atoms with E-state index in [9.17, 15) is 26.4 Å². The van der Waals surface area contributed by atoms with E-state index < -0.39 is 28.7 Å². The fourth-order valence-electron chi connectivity index (χ4n) is 2.32. The van der Waals surface area contributed by atoms with Gasteiger partial charge in [0.25, 0.3) is 0 Å². The number of nitrogens with two attached hydrogens (primary N) is 1. The highest BCUT2D eigenvalue weighted by molar-refractivity contribution is 7.89. The molecule has 0 bridgehead atoms.